The number of aliphatic hydroxyl groups is 1. The number of carbonyl (C=O) groups excluding carboxylic acids is 1. The van der Waals surface area contributed by atoms with Gasteiger partial charge in [-0.1, -0.05) is 19.1 Å². The Labute approximate surface area is 120 Å². The number of ketones is 1. The zero-order valence-corrected chi connectivity index (χ0v) is 12.5. The van der Waals surface area contributed by atoms with Crippen molar-refractivity contribution in [3.8, 4) is 0 Å². The minimum absolute atomic E-state index is 0.138. The van der Waals surface area contributed by atoms with Crippen molar-refractivity contribution in [2.75, 3.05) is 19.7 Å². The van der Waals surface area contributed by atoms with E-state index in [0.29, 0.717) is 13.0 Å². The molecule has 1 aromatic rings. The molecule has 1 unspecified atom stereocenters. The van der Waals surface area contributed by atoms with Crippen LogP contribution in [0.1, 0.15) is 37.6 Å². The number of Topliss-reactive ketones (excluding diaryl/α,β-unsaturated/α-hetero) is 1. The van der Waals surface area contributed by atoms with E-state index in [2.05, 4.69) is 18.7 Å². The summed E-state index contributed by atoms with van der Waals surface area (Å²) in [5.41, 5.74) is 0.158. The minimum Gasteiger partial charge on any atom is -0.396 e. The summed E-state index contributed by atoms with van der Waals surface area (Å²) in [5.74, 6) is -0.901. The van der Waals surface area contributed by atoms with E-state index in [1.54, 1.807) is 12.1 Å². The Balaban J connectivity index is 2.71. The Morgan fingerprint density at radius 2 is 1.95 bits per heavy atom. The van der Waals surface area contributed by atoms with Gasteiger partial charge in [0.1, 0.15) is 5.82 Å². The Bertz CT molecular complexity index is 434. The second-order valence-electron chi connectivity index (χ2n) is 5.41. The molecule has 3 nitrogen and oxygen atoms in total. The van der Waals surface area contributed by atoms with Crippen LogP contribution in [0.25, 0.3) is 0 Å². The van der Waals surface area contributed by atoms with E-state index in [1.807, 2.05) is 6.92 Å². The molecular weight excluding hydrogens is 257 g/mol. The van der Waals surface area contributed by atoms with E-state index < -0.39 is 5.82 Å². The van der Waals surface area contributed by atoms with Crippen molar-refractivity contribution >= 4 is 5.78 Å². The molecule has 0 fully saturated rings. The van der Waals surface area contributed by atoms with Gasteiger partial charge in [-0.2, -0.15) is 0 Å². The number of hydrogen-bond acceptors (Lipinski definition) is 3. The Hall–Kier alpha value is -1.26. The van der Waals surface area contributed by atoms with Crippen molar-refractivity contribution in [3.05, 3.63) is 35.6 Å². The van der Waals surface area contributed by atoms with Crippen LogP contribution in [-0.4, -0.2) is 41.5 Å². The predicted molar refractivity (Wildman–Crippen MR) is 78.3 cm³/mol. The van der Waals surface area contributed by atoms with Crippen molar-refractivity contribution in [2.24, 2.45) is 5.92 Å². The molecule has 0 heterocycles. The van der Waals surface area contributed by atoms with Gasteiger partial charge in [-0.25, -0.2) is 4.39 Å². The molecule has 0 amide bonds. The average molecular weight is 281 g/mol. The fourth-order valence-corrected chi connectivity index (χ4v) is 2.20. The van der Waals surface area contributed by atoms with Gasteiger partial charge in [0.2, 0.25) is 0 Å². The fraction of sp³-hybridized carbons (Fsp3) is 0.562. The van der Waals surface area contributed by atoms with E-state index in [4.69, 9.17) is 5.11 Å². The molecule has 1 atom stereocenters. The summed E-state index contributed by atoms with van der Waals surface area (Å²) in [6, 6.07) is 6.39. The highest BCUT2D eigenvalue weighted by Crippen LogP contribution is 2.15. The predicted octanol–water partition coefficient (Wildman–Crippen LogP) is 2.74. The van der Waals surface area contributed by atoms with Gasteiger partial charge in [-0.3, -0.25) is 4.79 Å². The van der Waals surface area contributed by atoms with Gasteiger partial charge in [0.05, 0.1) is 5.56 Å². The number of carbonyl (C=O) groups is 1. The molecule has 1 aromatic carbocycles. The van der Waals surface area contributed by atoms with Crippen molar-refractivity contribution in [1.29, 1.82) is 0 Å². The van der Waals surface area contributed by atoms with Gasteiger partial charge in [-0.15, -0.1) is 0 Å². The number of benzene rings is 1. The fourth-order valence-electron chi connectivity index (χ4n) is 2.20. The van der Waals surface area contributed by atoms with E-state index in [-0.39, 0.29) is 29.9 Å². The summed E-state index contributed by atoms with van der Waals surface area (Å²) in [6.45, 7) is 7.38. The summed E-state index contributed by atoms with van der Waals surface area (Å²) in [7, 11) is 0. The second kappa shape index (κ2) is 8.12. The summed E-state index contributed by atoms with van der Waals surface area (Å²) in [4.78, 5) is 14.4. The number of nitrogens with zero attached hydrogens (tertiary/aromatic N) is 1. The number of halogens is 1. The molecule has 1 rings (SSSR count). The van der Waals surface area contributed by atoms with Crippen LogP contribution < -0.4 is 0 Å². The number of aliphatic hydroxyl groups excluding tert-OH is 1. The molecule has 1 N–H and O–H groups in total. The van der Waals surface area contributed by atoms with E-state index in [0.717, 1.165) is 6.54 Å². The summed E-state index contributed by atoms with van der Waals surface area (Å²) >= 11 is 0. The quantitative estimate of drug-likeness (QED) is 0.745. The minimum atomic E-state index is -0.462. The smallest absolute Gasteiger partial charge is 0.169 e. The van der Waals surface area contributed by atoms with E-state index >= 15 is 0 Å². The number of hydrogen-bond donors (Lipinski definition) is 1. The topological polar surface area (TPSA) is 40.5 Å². The molecule has 0 radical (unpaired) electrons. The first kappa shape index (κ1) is 16.8. The molecule has 0 aliphatic carbocycles. The Kier molecular flexibility index (Phi) is 6.82. The first-order valence-corrected chi connectivity index (χ1v) is 7.11. The van der Waals surface area contributed by atoms with Gasteiger partial charge in [0.25, 0.3) is 0 Å². The first-order valence-electron chi connectivity index (χ1n) is 7.11. The molecule has 0 bridgehead atoms. The largest absolute Gasteiger partial charge is 0.396 e. The van der Waals surface area contributed by atoms with Crippen LogP contribution in [0.15, 0.2) is 24.3 Å². The van der Waals surface area contributed by atoms with E-state index in [1.165, 1.54) is 12.1 Å². The van der Waals surface area contributed by atoms with Crippen LogP contribution in [0.2, 0.25) is 0 Å². The summed E-state index contributed by atoms with van der Waals surface area (Å²) in [5, 5.41) is 8.91. The van der Waals surface area contributed by atoms with Crippen molar-refractivity contribution in [1.82, 2.24) is 4.90 Å². The Morgan fingerprint density at radius 1 is 1.30 bits per heavy atom. The van der Waals surface area contributed by atoms with Crippen LogP contribution in [0.4, 0.5) is 4.39 Å². The lowest BCUT2D eigenvalue weighted by atomic mass is 9.98. The highest BCUT2D eigenvalue weighted by atomic mass is 19.1. The van der Waals surface area contributed by atoms with Crippen LogP contribution in [-0.2, 0) is 0 Å². The molecular formula is C16H24FNO2. The third-order valence-electron chi connectivity index (χ3n) is 3.43. The van der Waals surface area contributed by atoms with Crippen molar-refractivity contribution in [2.45, 2.75) is 33.2 Å². The molecule has 20 heavy (non-hydrogen) atoms. The molecule has 0 saturated heterocycles. The summed E-state index contributed by atoms with van der Waals surface area (Å²) in [6.07, 6.45) is 0.679. The van der Waals surface area contributed by atoms with Gasteiger partial charge in [0, 0.05) is 31.7 Å². The van der Waals surface area contributed by atoms with Crippen LogP contribution >= 0.6 is 0 Å². The lowest BCUT2D eigenvalue weighted by Crippen LogP contribution is -2.38. The average Bonchev–Trinajstić information content (AvgIpc) is 2.42. The molecule has 0 aliphatic heterocycles. The normalized spacial score (nSPS) is 12.9. The molecule has 0 saturated carbocycles. The maximum atomic E-state index is 13.6. The molecule has 4 heteroatoms. The van der Waals surface area contributed by atoms with Gasteiger partial charge in [0.15, 0.2) is 5.78 Å². The van der Waals surface area contributed by atoms with Gasteiger partial charge < -0.3 is 10.0 Å². The van der Waals surface area contributed by atoms with Crippen LogP contribution in [0.5, 0.6) is 0 Å². The van der Waals surface area contributed by atoms with E-state index in [9.17, 15) is 9.18 Å². The SMILES string of the molecule is CC(CN(CCCO)C(C)C)C(=O)c1ccccc1F. The molecule has 0 spiro atoms. The number of rotatable bonds is 8. The highest BCUT2D eigenvalue weighted by Gasteiger charge is 2.21. The second-order valence-corrected chi connectivity index (χ2v) is 5.41. The molecule has 112 valence electrons. The zero-order chi connectivity index (χ0) is 15.1. The highest BCUT2D eigenvalue weighted by molar-refractivity contribution is 5.98. The maximum absolute atomic E-state index is 13.6. The van der Waals surface area contributed by atoms with Gasteiger partial charge in [-0.05, 0) is 32.4 Å². The van der Waals surface area contributed by atoms with Crippen molar-refractivity contribution < 1.29 is 14.3 Å². The Morgan fingerprint density at radius 3 is 2.50 bits per heavy atom. The molecule has 0 aromatic heterocycles. The van der Waals surface area contributed by atoms with Crippen molar-refractivity contribution in [3.63, 3.8) is 0 Å². The van der Waals surface area contributed by atoms with Gasteiger partial charge >= 0.3 is 0 Å². The van der Waals surface area contributed by atoms with Crippen LogP contribution in [0, 0.1) is 11.7 Å². The van der Waals surface area contributed by atoms with Crippen LogP contribution in [0.3, 0.4) is 0 Å². The lowest BCUT2D eigenvalue weighted by Gasteiger charge is -2.28. The zero-order valence-electron chi connectivity index (χ0n) is 12.5. The molecule has 0 aliphatic rings. The third-order valence-corrected chi connectivity index (χ3v) is 3.43. The lowest BCUT2D eigenvalue weighted by molar-refractivity contribution is 0.0868. The third kappa shape index (κ3) is 4.69. The first-order chi connectivity index (χ1) is 9.47. The standard InChI is InChI=1S/C16H24FNO2/c1-12(2)18(9-6-10-19)11-13(3)16(20)14-7-4-5-8-15(14)17/h4-5,7-8,12-13,19H,6,9-11H2,1-3H3. The maximum Gasteiger partial charge on any atom is 0.169 e. The monoisotopic (exact) mass is 281 g/mol. The summed E-state index contributed by atoms with van der Waals surface area (Å²) < 4.78 is 13.6.